The van der Waals surface area contributed by atoms with Crippen LogP contribution in [0.4, 0.5) is 6.01 Å². The second-order valence-electron chi connectivity index (χ2n) is 4.77. The average Bonchev–Trinajstić information content (AvgIpc) is 3.09. The molecule has 7 nitrogen and oxygen atoms in total. The van der Waals surface area contributed by atoms with Gasteiger partial charge in [-0.1, -0.05) is 29.4 Å². The fraction of sp³-hybridized carbons (Fsp3) is 0.118. The Hall–Kier alpha value is -3.35. The molecule has 0 radical (unpaired) electrons. The van der Waals surface area contributed by atoms with E-state index in [1.807, 2.05) is 12.1 Å². The van der Waals surface area contributed by atoms with Crippen LogP contribution in [-0.2, 0) is 0 Å². The van der Waals surface area contributed by atoms with Gasteiger partial charge < -0.3 is 13.9 Å². The summed E-state index contributed by atoms with van der Waals surface area (Å²) in [5, 5.41) is 10.3. The van der Waals surface area contributed by atoms with Gasteiger partial charge in [0.15, 0.2) is 0 Å². The second kappa shape index (κ2) is 6.82. The van der Waals surface area contributed by atoms with Gasteiger partial charge in [-0.05, 0) is 24.3 Å². The highest BCUT2D eigenvalue weighted by molar-refractivity contribution is 6.05. The molecule has 1 heterocycles. The number of ether oxygens (including phenoxy) is 2. The quantitative estimate of drug-likeness (QED) is 0.776. The molecule has 3 aromatic rings. The molecule has 0 bridgehead atoms. The summed E-state index contributed by atoms with van der Waals surface area (Å²) in [5.74, 6) is 0.911. The van der Waals surface area contributed by atoms with E-state index in [4.69, 9.17) is 13.9 Å². The lowest BCUT2D eigenvalue weighted by atomic mass is 10.2. The molecule has 0 aliphatic rings. The molecule has 0 aliphatic carbocycles. The summed E-state index contributed by atoms with van der Waals surface area (Å²) in [6, 6.07) is 14.1. The lowest BCUT2D eigenvalue weighted by Crippen LogP contribution is -2.13. The summed E-state index contributed by atoms with van der Waals surface area (Å²) in [4.78, 5) is 12.3. The number of anilines is 1. The number of para-hydroxylation sites is 2. The van der Waals surface area contributed by atoms with Crippen molar-refractivity contribution in [3.05, 3.63) is 54.1 Å². The Morgan fingerprint density at radius 2 is 1.62 bits per heavy atom. The van der Waals surface area contributed by atoms with Gasteiger partial charge in [-0.25, -0.2) is 0 Å². The number of nitrogens with one attached hydrogen (secondary N) is 1. The Labute approximate surface area is 138 Å². The third-order valence-electron chi connectivity index (χ3n) is 3.33. The molecule has 2 aromatic carbocycles. The van der Waals surface area contributed by atoms with E-state index in [2.05, 4.69) is 15.5 Å². The SMILES string of the molecule is COc1ccccc1C(=O)Nc1nnc(-c2ccccc2OC)o1. The minimum atomic E-state index is -0.400. The van der Waals surface area contributed by atoms with E-state index in [0.717, 1.165) is 0 Å². The lowest BCUT2D eigenvalue weighted by molar-refractivity contribution is 0.102. The van der Waals surface area contributed by atoms with E-state index in [1.54, 1.807) is 43.5 Å². The van der Waals surface area contributed by atoms with Crippen molar-refractivity contribution in [2.45, 2.75) is 0 Å². The van der Waals surface area contributed by atoms with E-state index in [0.29, 0.717) is 22.6 Å². The van der Waals surface area contributed by atoms with Crippen molar-refractivity contribution in [2.24, 2.45) is 0 Å². The van der Waals surface area contributed by atoms with E-state index in [9.17, 15) is 4.79 Å². The molecule has 0 spiro atoms. The predicted octanol–water partition coefficient (Wildman–Crippen LogP) is 3.01. The predicted molar refractivity (Wildman–Crippen MR) is 87.2 cm³/mol. The van der Waals surface area contributed by atoms with Crippen LogP contribution in [0.2, 0.25) is 0 Å². The largest absolute Gasteiger partial charge is 0.496 e. The van der Waals surface area contributed by atoms with Crippen LogP contribution in [0.15, 0.2) is 52.9 Å². The summed E-state index contributed by atoms with van der Waals surface area (Å²) in [5.41, 5.74) is 1.02. The number of amides is 1. The summed E-state index contributed by atoms with van der Waals surface area (Å²) in [6.45, 7) is 0. The number of hydrogen-bond acceptors (Lipinski definition) is 6. The number of benzene rings is 2. The molecule has 7 heteroatoms. The molecule has 1 amide bonds. The van der Waals surface area contributed by atoms with Gasteiger partial charge >= 0.3 is 6.01 Å². The first-order chi connectivity index (χ1) is 11.7. The first kappa shape index (κ1) is 15.5. The van der Waals surface area contributed by atoms with Crippen LogP contribution in [0.3, 0.4) is 0 Å². The molecule has 0 aliphatic heterocycles. The highest BCUT2D eigenvalue weighted by Crippen LogP contribution is 2.29. The molecule has 0 fully saturated rings. The number of rotatable bonds is 5. The Kier molecular flexibility index (Phi) is 4.42. The minimum Gasteiger partial charge on any atom is -0.496 e. The fourth-order valence-corrected chi connectivity index (χ4v) is 2.20. The molecule has 0 saturated carbocycles. The van der Waals surface area contributed by atoms with Crippen LogP contribution in [-0.4, -0.2) is 30.3 Å². The number of hydrogen-bond donors (Lipinski definition) is 1. The van der Waals surface area contributed by atoms with Crippen molar-refractivity contribution in [3.63, 3.8) is 0 Å². The lowest BCUT2D eigenvalue weighted by Gasteiger charge is -2.06. The van der Waals surface area contributed by atoms with Gasteiger partial charge in [0.05, 0.1) is 25.3 Å². The van der Waals surface area contributed by atoms with E-state index >= 15 is 0 Å². The molecule has 0 atom stereocenters. The Morgan fingerprint density at radius 3 is 2.38 bits per heavy atom. The van der Waals surface area contributed by atoms with E-state index in [1.165, 1.54) is 7.11 Å². The molecular formula is C17H15N3O4. The van der Waals surface area contributed by atoms with Crippen LogP contribution in [0, 0.1) is 0 Å². The number of carbonyl (C=O) groups excluding carboxylic acids is 1. The summed E-state index contributed by atoms with van der Waals surface area (Å²) >= 11 is 0. The van der Waals surface area contributed by atoms with Gasteiger partial charge in [0.25, 0.3) is 11.8 Å². The third-order valence-corrected chi connectivity index (χ3v) is 3.33. The standard InChI is InChI=1S/C17H15N3O4/c1-22-13-9-5-3-7-11(13)15(21)18-17-20-19-16(24-17)12-8-4-6-10-14(12)23-2/h3-10H,1-2H3,(H,18,20,21). The maximum atomic E-state index is 12.3. The number of carbonyl (C=O) groups is 1. The van der Waals surface area contributed by atoms with Crippen molar-refractivity contribution in [3.8, 4) is 23.0 Å². The van der Waals surface area contributed by atoms with Gasteiger partial charge in [0.2, 0.25) is 0 Å². The van der Waals surface area contributed by atoms with Crippen molar-refractivity contribution in [2.75, 3.05) is 19.5 Å². The molecule has 1 aromatic heterocycles. The van der Waals surface area contributed by atoms with Gasteiger partial charge in [-0.15, -0.1) is 5.10 Å². The normalized spacial score (nSPS) is 10.2. The maximum absolute atomic E-state index is 12.3. The molecule has 3 rings (SSSR count). The molecule has 0 saturated heterocycles. The van der Waals surface area contributed by atoms with Crippen molar-refractivity contribution in [1.29, 1.82) is 0 Å². The smallest absolute Gasteiger partial charge is 0.322 e. The van der Waals surface area contributed by atoms with Gasteiger partial charge in [-0.3, -0.25) is 10.1 Å². The number of methoxy groups -OCH3 is 2. The zero-order chi connectivity index (χ0) is 16.9. The topological polar surface area (TPSA) is 86.5 Å². The van der Waals surface area contributed by atoms with Crippen molar-refractivity contribution < 1.29 is 18.7 Å². The number of nitrogens with zero attached hydrogens (tertiary/aromatic N) is 2. The Morgan fingerprint density at radius 1 is 0.958 bits per heavy atom. The van der Waals surface area contributed by atoms with E-state index in [-0.39, 0.29) is 11.9 Å². The van der Waals surface area contributed by atoms with Gasteiger partial charge in [0.1, 0.15) is 11.5 Å². The summed E-state index contributed by atoms with van der Waals surface area (Å²) in [6.07, 6.45) is 0. The first-order valence-corrected chi connectivity index (χ1v) is 7.14. The molecule has 1 N–H and O–H groups in total. The Balaban J connectivity index is 1.83. The number of aromatic nitrogens is 2. The molecule has 0 unspecified atom stereocenters. The highest BCUT2D eigenvalue weighted by atomic mass is 16.5. The van der Waals surface area contributed by atoms with Gasteiger partial charge in [0, 0.05) is 0 Å². The zero-order valence-corrected chi connectivity index (χ0v) is 13.1. The molecular weight excluding hydrogens is 310 g/mol. The first-order valence-electron chi connectivity index (χ1n) is 7.14. The minimum absolute atomic E-state index is 0.00758. The van der Waals surface area contributed by atoms with Crippen LogP contribution in [0.1, 0.15) is 10.4 Å². The molecule has 24 heavy (non-hydrogen) atoms. The fourth-order valence-electron chi connectivity index (χ4n) is 2.20. The maximum Gasteiger partial charge on any atom is 0.322 e. The summed E-state index contributed by atoms with van der Waals surface area (Å²) in [7, 11) is 3.05. The van der Waals surface area contributed by atoms with Crippen LogP contribution >= 0.6 is 0 Å². The average molecular weight is 325 g/mol. The third kappa shape index (κ3) is 3.05. The molecule has 122 valence electrons. The van der Waals surface area contributed by atoms with Crippen LogP contribution < -0.4 is 14.8 Å². The Bertz CT molecular complexity index is 860. The van der Waals surface area contributed by atoms with Crippen LogP contribution in [0.25, 0.3) is 11.5 Å². The van der Waals surface area contributed by atoms with Crippen LogP contribution in [0.5, 0.6) is 11.5 Å². The van der Waals surface area contributed by atoms with Crippen molar-refractivity contribution >= 4 is 11.9 Å². The van der Waals surface area contributed by atoms with Crippen molar-refractivity contribution in [1.82, 2.24) is 10.2 Å². The zero-order valence-electron chi connectivity index (χ0n) is 13.1. The van der Waals surface area contributed by atoms with E-state index < -0.39 is 5.91 Å². The monoisotopic (exact) mass is 325 g/mol. The summed E-state index contributed by atoms with van der Waals surface area (Å²) < 4.78 is 15.9. The second-order valence-corrected chi connectivity index (χ2v) is 4.77. The van der Waals surface area contributed by atoms with Gasteiger partial charge in [-0.2, -0.15) is 0 Å². The highest BCUT2D eigenvalue weighted by Gasteiger charge is 2.17.